The quantitative estimate of drug-likeness (QED) is 0.350. The number of aromatic nitrogens is 2. The molecule has 1 aromatic heterocycles. The van der Waals surface area contributed by atoms with Crippen LogP contribution in [0.2, 0.25) is 0 Å². The summed E-state index contributed by atoms with van der Waals surface area (Å²) in [5.41, 5.74) is -0.596. The number of carbonyl (C=O) groups is 4. The lowest BCUT2D eigenvalue weighted by atomic mass is 10.0. The lowest BCUT2D eigenvalue weighted by Gasteiger charge is -2.30. The molecule has 52 heavy (non-hydrogen) atoms. The molecule has 3 fully saturated rings. The first-order valence-electron chi connectivity index (χ1n) is 18.4. The number of fused-ring (bicyclic) bond motifs is 3. The van der Waals surface area contributed by atoms with Crippen LogP contribution in [0.4, 0.5) is 4.79 Å². The molecule has 3 N–H and O–H groups in total. The number of alkyl carbamates (subject to hydrolysis) is 1. The highest BCUT2D eigenvalue weighted by atomic mass is 32.2. The normalized spacial score (nSPS) is 28.5. The Hall–Kier alpha value is -4.14. The highest BCUT2D eigenvalue weighted by Gasteiger charge is 2.63. The number of sulfonamides is 1. The van der Waals surface area contributed by atoms with E-state index in [1.807, 2.05) is 30.4 Å². The van der Waals surface area contributed by atoms with Gasteiger partial charge in [-0.05, 0) is 92.2 Å². The molecule has 1 aromatic carbocycles. The minimum atomic E-state index is -3.97. The summed E-state index contributed by atoms with van der Waals surface area (Å²) < 4.78 is 41.4. The zero-order valence-corrected chi connectivity index (χ0v) is 31.8. The Balaban J connectivity index is 1.29. The standard InChI is InChI=1S/C37H52N6O8S/c1-23(2)43-22-38-28-18-25(14-15-29(28)43)50-26-19-30-31(44)40-37(33(46)41-52(48,49)36(6)16-17-36)20-24(37)12-10-8-7-9-11-13-27(32(45)42(30)21-26)39-34(47)51-35(3,4)5/h10,12,14-15,18,22-24,26-27,30H,7-9,11,13,16-17,19-21H2,1-6H3,(H,39,47)(H,40,44)(H,41,46)/b12-10-/t24-,26-,27+,30+,37-/m1/s1. The lowest BCUT2D eigenvalue weighted by molar-refractivity contribution is -0.141. The fraction of sp³-hybridized carbons (Fsp3) is 0.649. The van der Waals surface area contributed by atoms with Crippen LogP contribution in [0, 0.1) is 5.92 Å². The van der Waals surface area contributed by atoms with Crippen molar-refractivity contribution in [2.24, 2.45) is 5.92 Å². The topological polar surface area (TPSA) is 178 Å². The third-order valence-electron chi connectivity index (χ3n) is 10.6. The van der Waals surface area contributed by atoms with Gasteiger partial charge in [-0.3, -0.25) is 19.1 Å². The largest absolute Gasteiger partial charge is 0.488 e. The number of carbonyl (C=O) groups excluding carboxylic acids is 4. The molecule has 2 aliphatic carbocycles. The molecule has 4 aliphatic rings. The number of hydrogen-bond acceptors (Lipinski definition) is 9. The number of allylic oxidation sites excluding steroid dienone is 1. The number of benzene rings is 1. The minimum absolute atomic E-state index is 0.0388. The summed E-state index contributed by atoms with van der Waals surface area (Å²) in [5.74, 6) is -1.74. The van der Waals surface area contributed by atoms with Crippen LogP contribution in [0.25, 0.3) is 11.0 Å². The summed E-state index contributed by atoms with van der Waals surface area (Å²) in [6.07, 6.45) is 8.72. The number of nitrogens with zero attached hydrogens (tertiary/aromatic N) is 3. The van der Waals surface area contributed by atoms with E-state index in [1.165, 1.54) is 4.90 Å². The van der Waals surface area contributed by atoms with E-state index in [9.17, 15) is 27.6 Å². The van der Waals surface area contributed by atoms with Crippen LogP contribution in [0.15, 0.2) is 36.7 Å². The second-order valence-electron chi connectivity index (χ2n) is 16.3. The third kappa shape index (κ3) is 7.93. The predicted molar refractivity (Wildman–Crippen MR) is 194 cm³/mol. The maximum Gasteiger partial charge on any atom is 0.408 e. The van der Waals surface area contributed by atoms with Crippen molar-refractivity contribution < 1.29 is 37.1 Å². The minimum Gasteiger partial charge on any atom is -0.488 e. The van der Waals surface area contributed by atoms with Crippen molar-refractivity contribution in [1.82, 2.24) is 29.8 Å². The molecule has 4 amide bonds. The molecule has 2 aliphatic heterocycles. The van der Waals surface area contributed by atoms with Gasteiger partial charge in [-0.25, -0.2) is 18.2 Å². The molecule has 2 saturated carbocycles. The van der Waals surface area contributed by atoms with Gasteiger partial charge in [0.2, 0.25) is 21.8 Å². The number of hydrogen-bond donors (Lipinski definition) is 3. The number of imidazole rings is 1. The van der Waals surface area contributed by atoms with Gasteiger partial charge in [-0.2, -0.15) is 0 Å². The molecule has 0 bridgehead atoms. The number of ether oxygens (including phenoxy) is 2. The summed E-state index contributed by atoms with van der Waals surface area (Å²) in [7, 11) is -3.97. The third-order valence-corrected chi connectivity index (χ3v) is 12.7. The molecule has 14 nitrogen and oxygen atoms in total. The molecule has 6 rings (SSSR count). The molecule has 2 aromatic rings. The van der Waals surface area contributed by atoms with Crippen LogP contribution >= 0.6 is 0 Å². The van der Waals surface area contributed by atoms with Gasteiger partial charge >= 0.3 is 6.09 Å². The molecule has 5 atom stereocenters. The van der Waals surface area contributed by atoms with Gasteiger partial charge in [0.1, 0.15) is 35.1 Å². The highest BCUT2D eigenvalue weighted by Crippen LogP contribution is 2.47. The van der Waals surface area contributed by atoms with Crippen molar-refractivity contribution in [2.45, 2.75) is 139 Å². The molecule has 1 saturated heterocycles. The Bertz CT molecular complexity index is 1860. The van der Waals surface area contributed by atoms with E-state index in [2.05, 4.69) is 38.8 Å². The molecule has 0 spiro atoms. The lowest BCUT2D eigenvalue weighted by Crippen LogP contribution is -2.58. The smallest absolute Gasteiger partial charge is 0.408 e. The first kappa shape index (κ1) is 37.6. The molecule has 0 radical (unpaired) electrons. The van der Waals surface area contributed by atoms with E-state index in [0.29, 0.717) is 37.9 Å². The number of nitrogens with one attached hydrogen (secondary N) is 3. The molecular weight excluding hydrogens is 689 g/mol. The van der Waals surface area contributed by atoms with Gasteiger partial charge in [-0.1, -0.05) is 25.0 Å². The van der Waals surface area contributed by atoms with Crippen LogP contribution in [0.5, 0.6) is 5.75 Å². The molecule has 3 heterocycles. The Morgan fingerprint density at radius 3 is 2.56 bits per heavy atom. The highest BCUT2D eigenvalue weighted by molar-refractivity contribution is 7.91. The van der Waals surface area contributed by atoms with E-state index in [-0.39, 0.29) is 25.4 Å². The van der Waals surface area contributed by atoms with Crippen molar-refractivity contribution in [2.75, 3.05) is 6.54 Å². The summed E-state index contributed by atoms with van der Waals surface area (Å²) in [6.45, 7) is 11.0. The van der Waals surface area contributed by atoms with Crippen LogP contribution in [-0.4, -0.2) is 87.3 Å². The zero-order valence-electron chi connectivity index (χ0n) is 30.9. The van der Waals surface area contributed by atoms with Gasteiger partial charge < -0.3 is 29.6 Å². The van der Waals surface area contributed by atoms with E-state index in [0.717, 1.165) is 23.9 Å². The Morgan fingerprint density at radius 1 is 1.12 bits per heavy atom. The van der Waals surface area contributed by atoms with Crippen molar-refractivity contribution in [3.63, 3.8) is 0 Å². The molecule has 15 heteroatoms. The molecule has 0 unspecified atom stereocenters. The van der Waals surface area contributed by atoms with Gasteiger partial charge in [0.25, 0.3) is 5.91 Å². The van der Waals surface area contributed by atoms with Gasteiger partial charge in [-0.15, -0.1) is 0 Å². The van der Waals surface area contributed by atoms with E-state index in [1.54, 1.807) is 34.0 Å². The SMILES string of the molecule is CC(C)n1cnc2cc(O[C@@H]3C[C@H]4C(=O)N[C@]5(C(=O)NS(=O)(=O)C6(C)CC6)C[C@H]5/C=C\CCCCC[C@H](NC(=O)OC(C)(C)C)C(=O)N4C3)ccc21. The summed E-state index contributed by atoms with van der Waals surface area (Å²) in [6, 6.07) is 3.74. The fourth-order valence-electron chi connectivity index (χ4n) is 7.09. The Morgan fingerprint density at radius 2 is 1.87 bits per heavy atom. The number of amides is 4. The average molecular weight is 741 g/mol. The Labute approximate surface area is 305 Å². The average Bonchev–Trinajstić information content (AvgIpc) is 3.85. The van der Waals surface area contributed by atoms with Gasteiger partial charge in [0.05, 0.1) is 28.7 Å². The van der Waals surface area contributed by atoms with Crippen LogP contribution < -0.4 is 20.1 Å². The molecule has 284 valence electrons. The zero-order chi connectivity index (χ0) is 37.6. The van der Waals surface area contributed by atoms with Crippen LogP contribution in [0.3, 0.4) is 0 Å². The van der Waals surface area contributed by atoms with Crippen LogP contribution in [-0.2, 0) is 29.1 Å². The predicted octanol–water partition coefficient (Wildman–Crippen LogP) is 4.25. The first-order chi connectivity index (χ1) is 24.4. The first-order valence-corrected chi connectivity index (χ1v) is 19.9. The second-order valence-corrected chi connectivity index (χ2v) is 18.5. The maximum atomic E-state index is 14.4. The number of rotatable bonds is 7. The van der Waals surface area contributed by atoms with Crippen molar-refractivity contribution in [3.8, 4) is 5.75 Å². The van der Waals surface area contributed by atoms with Crippen molar-refractivity contribution >= 4 is 44.9 Å². The van der Waals surface area contributed by atoms with Crippen molar-refractivity contribution in [3.05, 3.63) is 36.7 Å². The summed E-state index contributed by atoms with van der Waals surface area (Å²) in [5, 5.41) is 5.64. The molecular formula is C37H52N6O8S. The monoisotopic (exact) mass is 740 g/mol. The van der Waals surface area contributed by atoms with E-state index < -0.39 is 73.8 Å². The van der Waals surface area contributed by atoms with Gasteiger partial charge in [0, 0.05) is 24.4 Å². The van der Waals surface area contributed by atoms with Crippen molar-refractivity contribution in [1.29, 1.82) is 0 Å². The second kappa shape index (κ2) is 14.0. The van der Waals surface area contributed by atoms with Crippen LogP contribution in [0.1, 0.15) is 105 Å². The summed E-state index contributed by atoms with van der Waals surface area (Å²) >= 11 is 0. The Kier molecular flexibility index (Phi) is 10.1. The van der Waals surface area contributed by atoms with E-state index in [4.69, 9.17) is 9.47 Å². The maximum absolute atomic E-state index is 14.4. The van der Waals surface area contributed by atoms with E-state index >= 15 is 0 Å². The fourth-order valence-corrected chi connectivity index (χ4v) is 8.40. The van der Waals surface area contributed by atoms with Gasteiger partial charge in [0.15, 0.2) is 0 Å². The summed E-state index contributed by atoms with van der Waals surface area (Å²) in [4.78, 5) is 61.4.